The van der Waals surface area contributed by atoms with Gasteiger partial charge in [0.05, 0.1) is 19.8 Å². The first kappa shape index (κ1) is 26.4. The van der Waals surface area contributed by atoms with Crippen LogP contribution in [0.2, 0.25) is 0 Å². The number of ether oxygens (including phenoxy) is 4. The average Bonchev–Trinajstić information content (AvgIpc) is 2.89. The zero-order valence-electron chi connectivity index (χ0n) is 20.1. The van der Waals surface area contributed by atoms with E-state index in [1.54, 1.807) is 56.3 Å². The van der Waals surface area contributed by atoms with Crippen molar-refractivity contribution in [2.45, 2.75) is 25.9 Å². The van der Waals surface area contributed by atoms with Gasteiger partial charge in [0.1, 0.15) is 12.1 Å². The lowest BCUT2D eigenvalue weighted by atomic mass is 9.93. The maximum Gasteiger partial charge on any atom is 0.367 e. The Labute approximate surface area is 208 Å². The third-order valence-corrected chi connectivity index (χ3v) is 5.23. The zero-order valence-corrected chi connectivity index (χ0v) is 20.1. The number of aldehydes is 1. The highest BCUT2D eigenvalue weighted by Crippen LogP contribution is 2.37. The van der Waals surface area contributed by atoms with Crippen molar-refractivity contribution in [3.8, 4) is 11.5 Å². The summed E-state index contributed by atoms with van der Waals surface area (Å²) in [5, 5.41) is 0. The maximum absolute atomic E-state index is 13.3. The summed E-state index contributed by atoms with van der Waals surface area (Å²) in [6, 6.07) is 18.5. The summed E-state index contributed by atoms with van der Waals surface area (Å²) in [6.07, 6.45) is 1.06. The van der Waals surface area contributed by atoms with Gasteiger partial charge in [-0.3, -0.25) is 4.79 Å². The number of halogens is 1. The molecule has 3 aromatic carbocycles. The number of rotatable bonds is 12. The van der Waals surface area contributed by atoms with Gasteiger partial charge in [-0.25, -0.2) is 14.0 Å². The highest BCUT2D eigenvalue weighted by Gasteiger charge is 2.54. The van der Waals surface area contributed by atoms with E-state index >= 15 is 0 Å². The molecule has 0 fully saturated rings. The topological polar surface area (TPSA) is 88.1 Å². The smallest absolute Gasteiger partial charge is 0.367 e. The van der Waals surface area contributed by atoms with E-state index in [-0.39, 0.29) is 48.3 Å². The molecule has 0 N–H and O–H groups in total. The van der Waals surface area contributed by atoms with Crippen LogP contribution < -0.4 is 9.47 Å². The fraction of sp³-hybridized carbons (Fsp3) is 0.250. The number of hydrogen-bond donors (Lipinski definition) is 0. The van der Waals surface area contributed by atoms with Gasteiger partial charge in [0.15, 0.2) is 11.5 Å². The van der Waals surface area contributed by atoms with Crippen LogP contribution in [-0.2, 0) is 31.1 Å². The van der Waals surface area contributed by atoms with Crippen molar-refractivity contribution in [1.29, 1.82) is 0 Å². The SMILES string of the molecule is CCOC(=O)C(Oc1cc(C=O)ccc1OCCc1ccc(F)cc1)(C(=O)OCC)c1ccccc1. The largest absolute Gasteiger partial charge is 0.489 e. The zero-order chi connectivity index (χ0) is 26.0. The first-order chi connectivity index (χ1) is 17.4. The molecular weight excluding hydrogens is 467 g/mol. The van der Waals surface area contributed by atoms with E-state index in [1.165, 1.54) is 30.3 Å². The molecule has 8 heteroatoms. The molecule has 0 aliphatic heterocycles. The van der Waals surface area contributed by atoms with Crippen LogP contribution in [0, 0.1) is 5.82 Å². The molecule has 0 aliphatic carbocycles. The molecule has 0 bridgehead atoms. The van der Waals surface area contributed by atoms with E-state index in [2.05, 4.69) is 0 Å². The van der Waals surface area contributed by atoms with E-state index < -0.39 is 17.5 Å². The number of benzene rings is 3. The van der Waals surface area contributed by atoms with Crippen LogP contribution >= 0.6 is 0 Å². The molecular formula is C28H27FO7. The minimum Gasteiger partial charge on any atom is -0.489 e. The van der Waals surface area contributed by atoms with Crippen LogP contribution in [0.3, 0.4) is 0 Å². The van der Waals surface area contributed by atoms with Crippen molar-refractivity contribution in [3.63, 3.8) is 0 Å². The normalized spacial score (nSPS) is 10.9. The number of carbonyl (C=O) groups is 3. The van der Waals surface area contributed by atoms with Gasteiger partial charge in [0.25, 0.3) is 0 Å². The molecule has 0 amide bonds. The fourth-order valence-corrected chi connectivity index (χ4v) is 3.49. The lowest BCUT2D eigenvalue weighted by Gasteiger charge is -2.31. The van der Waals surface area contributed by atoms with Crippen LogP contribution in [0.25, 0.3) is 0 Å². The molecule has 188 valence electrons. The first-order valence-electron chi connectivity index (χ1n) is 11.5. The summed E-state index contributed by atoms with van der Waals surface area (Å²) in [5.74, 6) is -2.11. The van der Waals surface area contributed by atoms with Crippen molar-refractivity contribution < 1.29 is 37.7 Å². The second-order valence-electron chi connectivity index (χ2n) is 7.64. The quantitative estimate of drug-likeness (QED) is 0.206. The molecule has 3 rings (SSSR count). The number of hydrogen-bond acceptors (Lipinski definition) is 7. The molecule has 0 aliphatic rings. The van der Waals surface area contributed by atoms with Gasteiger partial charge in [-0.1, -0.05) is 42.5 Å². The molecule has 0 atom stereocenters. The van der Waals surface area contributed by atoms with Crippen LogP contribution in [-0.4, -0.2) is 38.0 Å². The van der Waals surface area contributed by atoms with E-state index in [0.29, 0.717) is 12.7 Å². The summed E-state index contributed by atoms with van der Waals surface area (Å²) >= 11 is 0. The van der Waals surface area contributed by atoms with E-state index in [9.17, 15) is 18.8 Å². The van der Waals surface area contributed by atoms with Gasteiger partial charge in [-0.05, 0) is 49.7 Å². The lowest BCUT2D eigenvalue weighted by Crippen LogP contribution is -2.51. The minimum absolute atomic E-state index is 0.00835. The third-order valence-electron chi connectivity index (χ3n) is 5.23. The molecule has 3 aromatic rings. The summed E-state index contributed by atoms with van der Waals surface area (Å²) in [5.41, 5.74) is -1.02. The van der Waals surface area contributed by atoms with Crippen molar-refractivity contribution in [2.75, 3.05) is 19.8 Å². The monoisotopic (exact) mass is 494 g/mol. The van der Waals surface area contributed by atoms with Gasteiger partial charge in [-0.15, -0.1) is 0 Å². The third kappa shape index (κ3) is 6.07. The number of esters is 2. The molecule has 0 heterocycles. The Morgan fingerprint density at radius 3 is 2.08 bits per heavy atom. The van der Waals surface area contributed by atoms with Crippen molar-refractivity contribution in [1.82, 2.24) is 0 Å². The molecule has 0 unspecified atom stereocenters. The second-order valence-corrected chi connectivity index (χ2v) is 7.64. The molecule has 36 heavy (non-hydrogen) atoms. The Balaban J connectivity index is 2.02. The summed E-state index contributed by atoms with van der Waals surface area (Å²) in [4.78, 5) is 38.1. The van der Waals surface area contributed by atoms with E-state index in [0.717, 1.165) is 5.56 Å². The lowest BCUT2D eigenvalue weighted by molar-refractivity contribution is -0.181. The molecule has 0 radical (unpaired) electrons. The second kappa shape index (κ2) is 12.5. The molecule has 7 nitrogen and oxygen atoms in total. The predicted molar refractivity (Wildman–Crippen MR) is 129 cm³/mol. The first-order valence-corrected chi connectivity index (χ1v) is 11.5. The van der Waals surface area contributed by atoms with Crippen LogP contribution in [0.15, 0.2) is 72.8 Å². The molecule has 0 saturated carbocycles. The Bertz CT molecular complexity index is 1160. The Morgan fingerprint density at radius 2 is 1.50 bits per heavy atom. The van der Waals surface area contributed by atoms with E-state index in [4.69, 9.17) is 18.9 Å². The Morgan fingerprint density at radius 1 is 0.861 bits per heavy atom. The van der Waals surface area contributed by atoms with Gasteiger partial charge in [-0.2, -0.15) is 0 Å². The standard InChI is InChI=1S/C28H27FO7/c1-3-33-26(31)28(27(32)34-4-2,22-8-6-5-7-9-22)36-25-18-21(19-30)12-15-24(25)35-17-16-20-10-13-23(29)14-11-20/h5-15,18-19H,3-4,16-17H2,1-2H3. The van der Waals surface area contributed by atoms with Crippen molar-refractivity contribution in [3.05, 3.63) is 95.3 Å². The molecule has 0 aromatic heterocycles. The van der Waals surface area contributed by atoms with Crippen molar-refractivity contribution in [2.24, 2.45) is 0 Å². The predicted octanol–water partition coefficient (Wildman–Crippen LogP) is 4.66. The maximum atomic E-state index is 13.3. The molecule has 0 saturated heterocycles. The minimum atomic E-state index is -2.30. The van der Waals surface area contributed by atoms with Gasteiger partial charge >= 0.3 is 17.5 Å². The van der Waals surface area contributed by atoms with Gasteiger partial charge in [0, 0.05) is 17.5 Å². The fourth-order valence-electron chi connectivity index (χ4n) is 3.49. The Hall–Kier alpha value is -4.20. The van der Waals surface area contributed by atoms with Gasteiger partial charge < -0.3 is 18.9 Å². The average molecular weight is 495 g/mol. The molecule has 0 spiro atoms. The van der Waals surface area contributed by atoms with Crippen LogP contribution in [0.5, 0.6) is 11.5 Å². The summed E-state index contributed by atoms with van der Waals surface area (Å²) in [6.45, 7) is 3.38. The number of carbonyl (C=O) groups excluding carboxylic acids is 3. The highest BCUT2D eigenvalue weighted by atomic mass is 19.1. The van der Waals surface area contributed by atoms with Crippen LogP contribution in [0.1, 0.15) is 35.3 Å². The van der Waals surface area contributed by atoms with Crippen molar-refractivity contribution >= 4 is 18.2 Å². The Kier molecular flexibility index (Phi) is 9.16. The van der Waals surface area contributed by atoms with Crippen LogP contribution in [0.4, 0.5) is 4.39 Å². The summed E-state index contributed by atoms with van der Waals surface area (Å²) < 4.78 is 35.7. The van der Waals surface area contributed by atoms with Gasteiger partial charge in [0.2, 0.25) is 0 Å². The highest BCUT2D eigenvalue weighted by molar-refractivity contribution is 6.05. The summed E-state index contributed by atoms with van der Waals surface area (Å²) in [7, 11) is 0. The van der Waals surface area contributed by atoms with E-state index in [1.807, 2.05) is 0 Å².